The lowest BCUT2D eigenvalue weighted by Crippen LogP contribution is -1.95. The van der Waals surface area contributed by atoms with Gasteiger partial charge in [0, 0.05) is 11.3 Å². The van der Waals surface area contributed by atoms with E-state index >= 15 is 0 Å². The number of nitriles is 2. The SMILES string of the molecule is N#Cc1ccc(-c2ccccc2)c(-c2cccc3ccccc23)c1C#N.Nc1ccccc1. The third-order valence-corrected chi connectivity index (χ3v) is 5.38. The van der Waals surface area contributed by atoms with Gasteiger partial charge in [0.05, 0.1) is 11.1 Å². The van der Waals surface area contributed by atoms with Gasteiger partial charge < -0.3 is 5.73 Å². The first-order valence-electron chi connectivity index (χ1n) is 10.5. The van der Waals surface area contributed by atoms with Crippen LogP contribution in [0, 0.1) is 22.7 Å². The molecule has 0 fully saturated rings. The number of para-hydroxylation sites is 1. The van der Waals surface area contributed by atoms with Gasteiger partial charge in [-0.2, -0.15) is 10.5 Å². The van der Waals surface area contributed by atoms with Crippen LogP contribution >= 0.6 is 0 Å². The molecule has 0 aromatic heterocycles. The van der Waals surface area contributed by atoms with E-state index in [1.54, 1.807) is 6.07 Å². The Morgan fingerprint density at radius 1 is 0.545 bits per heavy atom. The number of hydrogen-bond donors (Lipinski definition) is 1. The topological polar surface area (TPSA) is 73.6 Å². The quantitative estimate of drug-likeness (QED) is 0.305. The van der Waals surface area contributed by atoms with Crippen LogP contribution in [-0.2, 0) is 0 Å². The molecule has 2 N–H and O–H groups in total. The van der Waals surface area contributed by atoms with Gasteiger partial charge in [-0.3, -0.25) is 0 Å². The van der Waals surface area contributed by atoms with Crippen molar-refractivity contribution in [1.29, 1.82) is 10.5 Å². The molecule has 3 nitrogen and oxygen atoms in total. The number of nitrogens with two attached hydrogens (primary N) is 1. The molecule has 0 saturated heterocycles. The van der Waals surface area contributed by atoms with E-state index in [0.29, 0.717) is 11.1 Å². The molecule has 33 heavy (non-hydrogen) atoms. The van der Waals surface area contributed by atoms with E-state index in [0.717, 1.165) is 38.7 Å². The molecule has 0 aliphatic carbocycles. The molecule has 0 atom stereocenters. The van der Waals surface area contributed by atoms with Crippen LogP contribution in [0.15, 0.2) is 115 Å². The summed E-state index contributed by atoms with van der Waals surface area (Å²) in [6.45, 7) is 0. The zero-order valence-corrected chi connectivity index (χ0v) is 17.9. The highest BCUT2D eigenvalue weighted by Gasteiger charge is 2.18. The van der Waals surface area contributed by atoms with E-state index < -0.39 is 0 Å². The lowest BCUT2D eigenvalue weighted by molar-refractivity contribution is 1.43. The summed E-state index contributed by atoms with van der Waals surface area (Å²) in [7, 11) is 0. The van der Waals surface area contributed by atoms with Crippen molar-refractivity contribution < 1.29 is 0 Å². The van der Waals surface area contributed by atoms with Crippen molar-refractivity contribution in [1.82, 2.24) is 0 Å². The van der Waals surface area contributed by atoms with Crippen molar-refractivity contribution in [2.75, 3.05) is 5.73 Å². The Morgan fingerprint density at radius 2 is 1.18 bits per heavy atom. The lowest BCUT2D eigenvalue weighted by Gasteiger charge is -2.15. The second kappa shape index (κ2) is 9.96. The van der Waals surface area contributed by atoms with E-state index in [-0.39, 0.29) is 0 Å². The zero-order chi connectivity index (χ0) is 23.0. The molecule has 0 heterocycles. The van der Waals surface area contributed by atoms with Crippen molar-refractivity contribution in [3.05, 3.63) is 126 Å². The van der Waals surface area contributed by atoms with Crippen molar-refractivity contribution in [3.8, 4) is 34.4 Å². The smallest absolute Gasteiger partial charge is 0.101 e. The Morgan fingerprint density at radius 3 is 1.82 bits per heavy atom. The Hall–Kier alpha value is -4.86. The summed E-state index contributed by atoms with van der Waals surface area (Å²) in [5.41, 5.74) is 10.8. The van der Waals surface area contributed by atoms with E-state index in [1.165, 1.54) is 0 Å². The van der Waals surface area contributed by atoms with Crippen LogP contribution < -0.4 is 5.73 Å². The molecule has 5 rings (SSSR count). The van der Waals surface area contributed by atoms with Crippen LogP contribution in [0.3, 0.4) is 0 Å². The van der Waals surface area contributed by atoms with Crippen LogP contribution in [0.5, 0.6) is 0 Å². The van der Waals surface area contributed by atoms with Crippen molar-refractivity contribution in [2.24, 2.45) is 0 Å². The van der Waals surface area contributed by atoms with Crippen LogP contribution in [0.1, 0.15) is 11.1 Å². The molecule has 0 unspecified atom stereocenters. The summed E-state index contributed by atoms with van der Waals surface area (Å²) in [6, 6.07) is 41.7. The first kappa shape index (κ1) is 21.4. The molecule has 5 aromatic carbocycles. The first-order chi connectivity index (χ1) is 16.2. The van der Waals surface area contributed by atoms with Gasteiger partial charge in [-0.05, 0) is 45.7 Å². The summed E-state index contributed by atoms with van der Waals surface area (Å²) in [5.74, 6) is 0. The van der Waals surface area contributed by atoms with E-state index in [9.17, 15) is 10.5 Å². The molecule has 0 aliphatic heterocycles. The van der Waals surface area contributed by atoms with Crippen LogP contribution in [-0.4, -0.2) is 0 Å². The third-order valence-electron chi connectivity index (χ3n) is 5.38. The number of rotatable bonds is 2. The minimum Gasteiger partial charge on any atom is -0.399 e. The number of nitrogen functional groups attached to an aromatic ring is 1. The summed E-state index contributed by atoms with van der Waals surface area (Å²) < 4.78 is 0. The molecule has 0 spiro atoms. The molecular formula is C30H21N3. The van der Waals surface area contributed by atoms with Gasteiger partial charge in [0.2, 0.25) is 0 Å². The normalized spacial score (nSPS) is 9.88. The standard InChI is InChI=1S/C24H14N2.C6H7N/c25-15-19-13-14-21(18-7-2-1-3-8-18)24(23(19)16-26)22-12-6-10-17-9-4-5-11-20(17)22;7-6-4-2-1-3-5-6/h1-14H;1-5H,7H2. The zero-order valence-electron chi connectivity index (χ0n) is 17.9. The number of fused-ring (bicyclic) bond motifs is 1. The molecule has 3 heteroatoms. The second-order valence-corrected chi connectivity index (χ2v) is 7.44. The second-order valence-electron chi connectivity index (χ2n) is 7.44. The predicted octanol–water partition coefficient (Wildman–Crippen LogP) is 7.19. The summed E-state index contributed by atoms with van der Waals surface area (Å²) in [5, 5.41) is 21.5. The van der Waals surface area contributed by atoms with Gasteiger partial charge in [0.1, 0.15) is 12.1 Å². The highest BCUT2D eigenvalue weighted by atomic mass is 14.5. The van der Waals surface area contributed by atoms with Gasteiger partial charge >= 0.3 is 0 Å². The average Bonchev–Trinajstić information content (AvgIpc) is 2.89. The molecule has 0 amide bonds. The molecular weight excluding hydrogens is 402 g/mol. The predicted molar refractivity (Wildman–Crippen MR) is 135 cm³/mol. The highest BCUT2D eigenvalue weighted by Crippen LogP contribution is 2.39. The average molecular weight is 424 g/mol. The largest absolute Gasteiger partial charge is 0.399 e. The fourth-order valence-electron chi connectivity index (χ4n) is 3.85. The highest BCUT2D eigenvalue weighted by molar-refractivity contribution is 6.02. The Labute approximate surface area is 193 Å². The van der Waals surface area contributed by atoms with E-state index in [2.05, 4.69) is 30.3 Å². The minimum atomic E-state index is 0.398. The van der Waals surface area contributed by atoms with Crippen molar-refractivity contribution in [2.45, 2.75) is 0 Å². The number of nitrogens with zero attached hydrogens (tertiary/aromatic N) is 2. The maximum Gasteiger partial charge on any atom is 0.101 e. The maximum absolute atomic E-state index is 9.83. The van der Waals surface area contributed by atoms with Gasteiger partial charge in [0.25, 0.3) is 0 Å². The van der Waals surface area contributed by atoms with Crippen molar-refractivity contribution >= 4 is 16.5 Å². The fourth-order valence-corrected chi connectivity index (χ4v) is 3.85. The van der Waals surface area contributed by atoms with Gasteiger partial charge in [0.15, 0.2) is 0 Å². The molecule has 0 bridgehead atoms. The monoisotopic (exact) mass is 423 g/mol. The van der Waals surface area contributed by atoms with Crippen molar-refractivity contribution in [3.63, 3.8) is 0 Å². The van der Waals surface area contributed by atoms with E-state index in [1.807, 2.05) is 91.0 Å². The summed E-state index contributed by atoms with van der Waals surface area (Å²) in [4.78, 5) is 0. The van der Waals surface area contributed by atoms with Crippen LogP contribution in [0.2, 0.25) is 0 Å². The molecule has 0 aliphatic rings. The summed E-state index contributed by atoms with van der Waals surface area (Å²) >= 11 is 0. The fraction of sp³-hybridized carbons (Fsp3) is 0. The molecule has 156 valence electrons. The molecule has 5 aromatic rings. The van der Waals surface area contributed by atoms with Crippen LogP contribution in [0.4, 0.5) is 5.69 Å². The van der Waals surface area contributed by atoms with Gasteiger partial charge in [-0.15, -0.1) is 0 Å². The third kappa shape index (κ3) is 4.59. The number of hydrogen-bond acceptors (Lipinski definition) is 3. The van der Waals surface area contributed by atoms with E-state index in [4.69, 9.17) is 5.73 Å². The first-order valence-corrected chi connectivity index (χ1v) is 10.5. The minimum absolute atomic E-state index is 0.398. The Balaban J connectivity index is 0.000000318. The number of anilines is 1. The maximum atomic E-state index is 9.83. The van der Waals surface area contributed by atoms with Gasteiger partial charge in [-0.1, -0.05) is 97.1 Å². The van der Waals surface area contributed by atoms with Gasteiger partial charge in [-0.25, -0.2) is 0 Å². The van der Waals surface area contributed by atoms with Crippen LogP contribution in [0.25, 0.3) is 33.0 Å². The lowest BCUT2D eigenvalue weighted by atomic mass is 9.86. The summed E-state index contributed by atoms with van der Waals surface area (Å²) in [6.07, 6.45) is 0. The number of benzene rings is 5. The molecule has 0 radical (unpaired) electrons. The Bertz CT molecular complexity index is 1470. The Kier molecular flexibility index (Phi) is 6.45. The molecule has 0 saturated carbocycles.